The minimum atomic E-state index is -5.81. The SMILES string of the molecule is COCCOCCS.Cc1ccc(S(=O)(=O)OC[C@@H](O)[C@@H](O)C2O[C@](OP(=O)([O-])OCC3OC(n4ccc(N)nc4=O)[C@H](O)[C@@H]3O)(C(=O)[O-])C[C@@H](O)[C@H]2C)cc1. The summed E-state index contributed by atoms with van der Waals surface area (Å²) in [7, 11) is -8.57. The lowest BCUT2D eigenvalue weighted by atomic mass is 9.85. The monoisotopic (exact) mass is 859 g/mol. The average molecular weight is 860 g/mol. The van der Waals surface area contributed by atoms with Crippen LogP contribution in [0.2, 0.25) is 0 Å². The van der Waals surface area contributed by atoms with Gasteiger partial charge in [-0.2, -0.15) is 26.0 Å². The van der Waals surface area contributed by atoms with Gasteiger partial charge in [0.1, 0.15) is 42.3 Å². The van der Waals surface area contributed by atoms with Crippen molar-refractivity contribution < 1.29 is 85.5 Å². The molecular weight excluding hydrogens is 813 g/mol. The van der Waals surface area contributed by atoms with E-state index in [4.69, 9.17) is 28.9 Å². The van der Waals surface area contributed by atoms with Crippen LogP contribution < -0.4 is 21.4 Å². The number of nitrogen functional groups attached to an aromatic ring is 1. The Balaban J connectivity index is 0.000000946. The first kappa shape index (κ1) is 47.8. The Morgan fingerprint density at radius 3 is 2.41 bits per heavy atom. The number of nitrogens with zero attached hydrogens (tertiary/aromatic N) is 2. The van der Waals surface area contributed by atoms with Gasteiger partial charge in [0.2, 0.25) is 5.79 Å². The third-order valence-electron chi connectivity index (χ3n) is 8.46. The maximum atomic E-state index is 12.8. The minimum absolute atomic E-state index is 0.149. The number of methoxy groups -OCH3 is 1. The second-order valence-corrected chi connectivity index (χ2v) is 16.0. The van der Waals surface area contributed by atoms with Crippen molar-refractivity contribution in [2.75, 3.05) is 51.6 Å². The van der Waals surface area contributed by atoms with E-state index >= 15 is 0 Å². The molecule has 2 aliphatic heterocycles. The topological polar surface area (TPSA) is 341 Å². The van der Waals surface area contributed by atoms with Gasteiger partial charge in [0.25, 0.3) is 17.9 Å². The van der Waals surface area contributed by atoms with Gasteiger partial charge in [0.15, 0.2) is 6.23 Å². The highest BCUT2D eigenvalue weighted by Crippen LogP contribution is 2.49. The number of aryl methyl sites for hydroxylation is 1. The Labute approximate surface area is 326 Å². The van der Waals surface area contributed by atoms with Gasteiger partial charge in [0, 0.05) is 31.4 Å². The molecule has 0 radical (unpaired) electrons. The largest absolute Gasteiger partial charge is 0.756 e. The number of anilines is 1. The number of rotatable bonds is 18. The number of phosphoric acid groups is 1. The van der Waals surface area contributed by atoms with Crippen LogP contribution in [0.4, 0.5) is 5.82 Å². The fourth-order valence-electron chi connectivity index (χ4n) is 5.31. The molecule has 2 aliphatic rings. The van der Waals surface area contributed by atoms with Crippen LogP contribution in [0, 0.1) is 12.8 Å². The van der Waals surface area contributed by atoms with Gasteiger partial charge in [-0.25, -0.2) is 4.79 Å². The molecule has 2 saturated heterocycles. The lowest BCUT2D eigenvalue weighted by Gasteiger charge is -2.49. The van der Waals surface area contributed by atoms with Crippen LogP contribution in [0.15, 0.2) is 46.2 Å². The summed E-state index contributed by atoms with van der Waals surface area (Å²) in [5.74, 6) is -6.25. The van der Waals surface area contributed by atoms with E-state index in [0.717, 1.165) is 22.1 Å². The Morgan fingerprint density at radius 1 is 1.16 bits per heavy atom. The predicted octanol–water partition coefficient (Wildman–Crippen LogP) is -3.81. The second kappa shape index (κ2) is 20.9. The van der Waals surface area contributed by atoms with E-state index in [9.17, 15) is 58.1 Å². The van der Waals surface area contributed by atoms with Crippen LogP contribution in [0.3, 0.4) is 0 Å². The van der Waals surface area contributed by atoms with E-state index in [1.807, 2.05) is 0 Å². The standard InChI is InChI=1S/C26H36N3O17PS.C5H12O2S/c1-12-3-5-14(6-4-12)48(40,41)43-10-16(31)19(32)22-13(2)15(30)9-26(45-22,24(35)36)46-47(38,39)42-11-17-20(33)21(34)23(44-17)29-8-7-18(27)28-25(29)37;1-6-2-3-7-4-5-8/h3-8,13,15-17,19-23,30-34H,9-11H2,1-2H3,(H,35,36)(H,38,39)(H2,27,28,37);8H,2-5H2,1H3/p-2/t13-,15-,16-,17?,19-,20-,21-,22?,23?,26-;/m1./s1. The summed E-state index contributed by atoms with van der Waals surface area (Å²) in [6, 6.07) is 6.65. The maximum absolute atomic E-state index is 12.8. The Hall–Kier alpha value is -2.62. The van der Waals surface area contributed by atoms with Gasteiger partial charge >= 0.3 is 5.69 Å². The van der Waals surface area contributed by atoms with E-state index < -0.39 is 110 Å². The van der Waals surface area contributed by atoms with Gasteiger partial charge in [-0.15, -0.1) is 0 Å². The van der Waals surface area contributed by atoms with Crippen LogP contribution >= 0.6 is 20.5 Å². The van der Waals surface area contributed by atoms with Gasteiger partial charge in [-0.1, -0.05) is 24.6 Å². The molecule has 3 heterocycles. The summed E-state index contributed by atoms with van der Waals surface area (Å²) in [6.45, 7) is 2.89. The summed E-state index contributed by atoms with van der Waals surface area (Å²) in [5.41, 5.74) is 5.21. The number of benzene rings is 1. The van der Waals surface area contributed by atoms with Gasteiger partial charge in [-0.3, -0.25) is 17.8 Å². The molecule has 1 aromatic carbocycles. The minimum Gasteiger partial charge on any atom is -0.756 e. The van der Waals surface area contributed by atoms with E-state index in [2.05, 4.69) is 26.7 Å². The summed E-state index contributed by atoms with van der Waals surface area (Å²) in [4.78, 5) is 40.4. The number of aliphatic hydroxyl groups is 5. The molecule has 56 heavy (non-hydrogen) atoms. The van der Waals surface area contributed by atoms with Crippen LogP contribution in [0.1, 0.15) is 25.1 Å². The van der Waals surface area contributed by atoms with Crippen molar-refractivity contribution >= 4 is 42.4 Å². The fraction of sp³-hybridized carbons (Fsp3) is 0.645. The fourth-order valence-corrected chi connectivity index (χ4v) is 7.30. The molecule has 11 atom stereocenters. The number of thiol groups is 1. The average Bonchev–Trinajstić information content (AvgIpc) is 3.41. The number of phosphoric ester groups is 1. The van der Waals surface area contributed by atoms with Crippen LogP contribution in [0.25, 0.3) is 0 Å². The number of aliphatic carboxylic acids is 1. The molecule has 0 saturated carbocycles. The molecule has 2 aromatic rings. The van der Waals surface area contributed by atoms with E-state index in [1.54, 1.807) is 14.0 Å². The Bertz CT molecular complexity index is 1780. The molecule has 0 bridgehead atoms. The number of hydrogen-bond acceptors (Lipinski definition) is 22. The van der Waals surface area contributed by atoms with E-state index in [1.165, 1.54) is 37.3 Å². The normalized spacial score (nSPS) is 28.8. The molecule has 22 nitrogen and oxygen atoms in total. The zero-order valence-corrected chi connectivity index (χ0v) is 32.9. The number of carboxylic acid groups (broad SMARTS) is 1. The first-order valence-electron chi connectivity index (χ1n) is 16.8. The summed E-state index contributed by atoms with van der Waals surface area (Å²) in [5, 5.41) is 64.9. The second-order valence-electron chi connectivity index (χ2n) is 12.6. The van der Waals surface area contributed by atoms with E-state index in [0.29, 0.717) is 19.8 Å². The molecule has 1 aromatic heterocycles. The number of nitrogens with two attached hydrogens (primary N) is 1. The van der Waals surface area contributed by atoms with Crippen LogP contribution in [-0.2, 0) is 51.7 Å². The number of carbonyl (C=O) groups is 1. The maximum Gasteiger partial charge on any atom is 0.351 e. The third-order valence-corrected chi connectivity index (χ3v) is 10.9. The molecule has 0 spiro atoms. The van der Waals surface area contributed by atoms with E-state index in [-0.39, 0.29) is 10.7 Å². The summed E-state index contributed by atoms with van der Waals surface area (Å²) in [6.07, 6.45) is -14.7. The Morgan fingerprint density at radius 2 is 1.82 bits per heavy atom. The first-order valence-corrected chi connectivity index (χ1v) is 20.3. The van der Waals surface area contributed by atoms with Gasteiger partial charge in [-0.05, 0) is 25.1 Å². The van der Waals surface area contributed by atoms with Crippen molar-refractivity contribution in [3.05, 3.63) is 52.6 Å². The highest BCUT2D eigenvalue weighted by molar-refractivity contribution is 7.86. The number of carbonyl (C=O) groups excluding carboxylic acids is 1. The van der Waals surface area contributed by atoms with Crippen LogP contribution in [-0.4, -0.2) is 144 Å². The molecule has 2 fully saturated rings. The molecule has 4 unspecified atom stereocenters. The van der Waals surface area contributed by atoms with Crippen molar-refractivity contribution in [3.8, 4) is 0 Å². The number of carboxylic acids is 1. The lowest BCUT2D eigenvalue weighted by Crippen LogP contribution is -2.64. The molecule has 318 valence electrons. The molecule has 25 heteroatoms. The Kier molecular flexibility index (Phi) is 17.8. The molecule has 4 rings (SSSR count). The first-order chi connectivity index (χ1) is 26.2. The van der Waals surface area contributed by atoms with Crippen molar-refractivity contribution in [1.82, 2.24) is 9.55 Å². The smallest absolute Gasteiger partial charge is 0.351 e. The van der Waals surface area contributed by atoms with Crippen molar-refractivity contribution in [2.24, 2.45) is 5.92 Å². The third kappa shape index (κ3) is 12.7. The van der Waals surface area contributed by atoms with Crippen molar-refractivity contribution in [2.45, 2.75) is 79.9 Å². The van der Waals surface area contributed by atoms with Crippen molar-refractivity contribution in [1.29, 1.82) is 0 Å². The number of aromatic nitrogens is 2. The number of aliphatic hydroxyl groups excluding tert-OH is 5. The van der Waals surface area contributed by atoms with Crippen molar-refractivity contribution in [3.63, 3.8) is 0 Å². The molecule has 0 amide bonds. The predicted molar refractivity (Wildman–Crippen MR) is 189 cm³/mol. The van der Waals surface area contributed by atoms with Crippen LogP contribution in [0.5, 0.6) is 0 Å². The molecular formula is C31H46N3O19PS2-2. The van der Waals surface area contributed by atoms with Gasteiger partial charge < -0.3 is 69.5 Å². The highest BCUT2D eigenvalue weighted by atomic mass is 32.2. The zero-order chi connectivity index (χ0) is 42.0. The van der Waals surface area contributed by atoms with Gasteiger partial charge in [0.05, 0.1) is 50.1 Å². The summed E-state index contributed by atoms with van der Waals surface area (Å²) < 4.78 is 73.2. The number of hydrogen-bond donors (Lipinski definition) is 7. The lowest BCUT2D eigenvalue weighted by molar-refractivity contribution is -0.380. The summed E-state index contributed by atoms with van der Waals surface area (Å²) >= 11 is 3.96. The quantitative estimate of drug-likeness (QED) is 0.0327. The number of ether oxygens (including phenoxy) is 4. The molecule has 0 aliphatic carbocycles. The highest BCUT2D eigenvalue weighted by Gasteiger charge is 2.53. The molecule has 7 N–H and O–H groups in total. The zero-order valence-electron chi connectivity index (χ0n) is 30.3.